The van der Waals surface area contributed by atoms with Gasteiger partial charge in [-0.25, -0.2) is 0 Å². The van der Waals surface area contributed by atoms with Crippen molar-refractivity contribution in [3.63, 3.8) is 0 Å². The van der Waals surface area contributed by atoms with Crippen LogP contribution in [0.4, 0.5) is 0 Å². The lowest BCUT2D eigenvalue weighted by Crippen LogP contribution is -2.39. The van der Waals surface area contributed by atoms with Gasteiger partial charge in [0.25, 0.3) is 0 Å². The zero-order chi connectivity index (χ0) is 13.4. The molecule has 0 heterocycles. The molecule has 1 aromatic rings. The third-order valence-electron chi connectivity index (χ3n) is 3.58. The zero-order valence-electron chi connectivity index (χ0n) is 12.1. The Hall–Kier alpha value is -0.860. The molecule has 0 aliphatic rings. The van der Waals surface area contributed by atoms with Crippen molar-refractivity contribution in [3.05, 3.63) is 34.4 Å². The van der Waals surface area contributed by atoms with Crippen LogP contribution in [0.5, 0.6) is 0 Å². The Kier molecular flexibility index (Phi) is 4.00. The van der Waals surface area contributed by atoms with Gasteiger partial charge in [0.2, 0.25) is 0 Å². The largest absolute Gasteiger partial charge is 0.388 e. The lowest BCUT2D eigenvalue weighted by molar-refractivity contribution is -0.00345. The van der Waals surface area contributed by atoms with Gasteiger partial charge < -0.3 is 5.11 Å². The quantitative estimate of drug-likeness (QED) is 0.870. The Morgan fingerprint density at radius 3 is 2.00 bits per heavy atom. The van der Waals surface area contributed by atoms with Gasteiger partial charge in [-0.15, -0.1) is 0 Å². The number of nitrogens with zero attached hydrogens (tertiary/aromatic N) is 1. The molecule has 0 aliphatic carbocycles. The van der Waals surface area contributed by atoms with E-state index in [1.165, 1.54) is 22.3 Å². The number of benzene rings is 1. The van der Waals surface area contributed by atoms with Gasteiger partial charge in [0.15, 0.2) is 0 Å². The molecule has 1 N–H and O–H groups in total. The standard InChI is InChI=1S/C15H25NO/c1-10-8-9-13(12(3)11(10)2)14(16(6)7)15(4,5)17/h8-9,14,17H,1-7H3. The van der Waals surface area contributed by atoms with Crippen molar-refractivity contribution < 1.29 is 5.11 Å². The second-order valence-corrected chi connectivity index (χ2v) is 5.74. The van der Waals surface area contributed by atoms with E-state index in [4.69, 9.17) is 0 Å². The molecule has 0 amide bonds. The average Bonchev–Trinajstić information content (AvgIpc) is 2.16. The molecule has 0 aromatic heterocycles. The highest BCUT2D eigenvalue weighted by Gasteiger charge is 2.31. The SMILES string of the molecule is Cc1ccc(C(N(C)C)C(C)(C)O)c(C)c1C. The van der Waals surface area contributed by atoms with Crippen molar-refractivity contribution in [2.24, 2.45) is 0 Å². The molecule has 1 unspecified atom stereocenters. The van der Waals surface area contributed by atoms with E-state index in [9.17, 15) is 5.11 Å². The van der Waals surface area contributed by atoms with Crippen LogP contribution in [0, 0.1) is 20.8 Å². The van der Waals surface area contributed by atoms with Gasteiger partial charge in [0.05, 0.1) is 11.6 Å². The van der Waals surface area contributed by atoms with Crippen LogP contribution in [-0.4, -0.2) is 29.7 Å². The monoisotopic (exact) mass is 235 g/mol. The van der Waals surface area contributed by atoms with Gasteiger partial charge in [-0.05, 0) is 71.0 Å². The predicted molar refractivity (Wildman–Crippen MR) is 73.4 cm³/mol. The highest BCUT2D eigenvalue weighted by Crippen LogP contribution is 2.33. The first-order chi connectivity index (χ1) is 7.66. The molecule has 0 bridgehead atoms. The van der Waals surface area contributed by atoms with Gasteiger partial charge >= 0.3 is 0 Å². The zero-order valence-corrected chi connectivity index (χ0v) is 12.1. The molecule has 1 atom stereocenters. The van der Waals surface area contributed by atoms with E-state index in [1.807, 2.05) is 27.9 Å². The number of hydrogen-bond donors (Lipinski definition) is 1. The maximum Gasteiger partial charge on any atom is 0.0787 e. The van der Waals surface area contributed by atoms with Gasteiger partial charge in [-0.1, -0.05) is 12.1 Å². The number of aryl methyl sites for hydroxylation is 1. The molecule has 2 heteroatoms. The summed E-state index contributed by atoms with van der Waals surface area (Å²) in [6.45, 7) is 10.1. The number of aliphatic hydroxyl groups is 1. The second-order valence-electron chi connectivity index (χ2n) is 5.74. The smallest absolute Gasteiger partial charge is 0.0787 e. The Balaban J connectivity index is 3.35. The van der Waals surface area contributed by atoms with E-state index in [1.54, 1.807) is 0 Å². The minimum atomic E-state index is -0.754. The molecular formula is C15H25NO. The summed E-state index contributed by atoms with van der Waals surface area (Å²) in [5.74, 6) is 0. The molecule has 0 saturated heterocycles. The molecular weight excluding hydrogens is 210 g/mol. The molecule has 0 radical (unpaired) electrons. The van der Waals surface area contributed by atoms with Gasteiger partial charge in [0.1, 0.15) is 0 Å². The fourth-order valence-electron chi connectivity index (χ4n) is 2.56. The normalized spacial score (nSPS) is 14.2. The third-order valence-corrected chi connectivity index (χ3v) is 3.58. The molecule has 0 saturated carbocycles. The van der Waals surface area contributed by atoms with Crippen LogP contribution in [0.1, 0.15) is 42.1 Å². The minimum Gasteiger partial charge on any atom is -0.388 e. The maximum absolute atomic E-state index is 10.3. The first kappa shape index (κ1) is 14.2. The van der Waals surface area contributed by atoms with Crippen molar-refractivity contribution in [3.8, 4) is 0 Å². The van der Waals surface area contributed by atoms with Crippen molar-refractivity contribution in [2.75, 3.05) is 14.1 Å². The van der Waals surface area contributed by atoms with Crippen LogP contribution in [0.15, 0.2) is 12.1 Å². The Bertz CT molecular complexity index is 402. The van der Waals surface area contributed by atoms with E-state index < -0.39 is 5.60 Å². The van der Waals surface area contributed by atoms with Crippen molar-refractivity contribution in [1.82, 2.24) is 4.90 Å². The molecule has 0 spiro atoms. The highest BCUT2D eigenvalue weighted by molar-refractivity contribution is 5.41. The van der Waals surface area contributed by atoms with Crippen LogP contribution >= 0.6 is 0 Å². The molecule has 2 nitrogen and oxygen atoms in total. The Morgan fingerprint density at radius 1 is 1.06 bits per heavy atom. The molecule has 17 heavy (non-hydrogen) atoms. The van der Waals surface area contributed by atoms with Crippen molar-refractivity contribution in [2.45, 2.75) is 46.3 Å². The van der Waals surface area contributed by atoms with Crippen LogP contribution in [0.3, 0.4) is 0 Å². The summed E-state index contributed by atoms with van der Waals surface area (Å²) in [6.07, 6.45) is 0. The van der Waals surface area contributed by atoms with Crippen molar-refractivity contribution in [1.29, 1.82) is 0 Å². The summed E-state index contributed by atoms with van der Waals surface area (Å²) in [6, 6.07) is 4.29. The molecule has 96 valence electrons. The van der Waals surface area contributed by atoms with Gasteiger partial charge in [-0.2, -0.15) is 0 Å². The van der Waals surface area contributed by atoms with Gasteiger partial charge in [-0.3, -0.25) is 4.90 Å². The molecule has 1 aromatic carbocycles. The molecule has 1 rings (SSSR count). The van der Waals surface area contributed by atoms with E-state index in [2.05, 4.69) is 37.8 Å². The number of rotatable bonds is 3. The summed E-state index contributed by atoms with van der Waals surface area (Å²) in [4.78, 5) is 2.08. The number of likely N-dealkylation sites (N-methyl/N-ethyl adjacent to an activating group) is 1. The lowest BCUT2D eigenvalue weighted by Gasteiger charge is -2.36. The van der Waals surface area contributed by atoms with Crippen LogP contribution in [-0.2, 0) is 0 Å². The first-order valence-electron chi connectivity index (χ1n) is 6.11. The third kappa shape index (κ3) is 2.88. The van der Waals surface area contributed by atoms with E-state index in [-0.39, 0.29) is 6.04 Å². The summed E-state index contributed by atoms with van der Waals surface area (Å²) < 4.78 is 0. The second kappa shape index (κ2) is 4.79. The molecule has 0 aliphatic heterocycles. The minimum absolute atomic E-state index is 0.0156. The maximum atomic E-state index is 10.3. The van der Waals surface area contributed by atoms with E-state index >= 15 is 0 Å². The first-order valence-corrected chi connectivity index (χ1v) is 6.11. The highest BCUT2D eigenvalue weighted by atomic mass is 16.3. The molecule has 0 fully saturated rings. The summed E-state index contributed by atoms with van der Waals surface area (Å²) in [5.41, 5.74) is 4.37. The van der Waals surface area contributed by atoms with E-state index in [0.717, 1.165) is 0 Å². The summed E-state index contributed by atoms with van der Waals surface area (Å²) in [7, 11) is 4.02. The topological polar surface area (TPSA) is 23.5 Å². The van der Waals surface area contributed by atoms with E-state index in [0.29, 0.717) is 0 Å². The van der Waals surface area contributed by atoms with Crippen molar-refractivity contribution >= 4 is 0 Å². The fourth-order valence-corrected chi connectivity index (χ4v) is 2.56. The van der Waals surface area contributed by atoms with Crippen LogP contribution in [0.2, 0.25) is 0 Å². The average molecular weight is 235 g/mol. The fraction of sp³-hybridized carbons (Fsp3) is 0.600. The number of hydrogen-bond acceptors (Lipinski definition) is 2. The van der Waals surface area contributed by atoms with Crippen LogP contribution in [0.25, 0.3) is 0 Å². The Labute approximate surface area is 105 Å². The van der Waals surface area contributed by atoms with Gasteiger partial charge in [0, 0.05) is 0 Å². The Morgan fingerprint density at radius 2 is 1.59 bits per heavy atom. The summed E-state index contributed by atoms with van der Waals surface area (Å²) >= 11 is 0. The summed E-state index contributed by atoms with van der Waals surface area (Å²) in [5, 5.41) is 10.3. The predicted octanol–water partition coefficient (Wildman–Crippen LogP) is 2.99. The van der Waals surface area contributed by atoms with Crippen LogP contribution < -0.4 is 0 Å². The lowest BCUT2D eigenvalue weighted by atomic mass is 9.86.